The minimum atomic E-state index is -3.54. The number of anilines is 1. The smallest absolute Gasteiger partial charge is 0.338 e. The summed E-state index contributed by atoms with van der Waals surface area (Å²) in [6.45, 7) is 2.55. The predicted molar refractivity (Wildman–Crippen MR) is 141 cm³/mol. The average molecular weight is 543 g/mol. The number of aromatic hydroxyl groups is 1. The molecule has 0 heterocycles. The molecule has 4 N–H and O–H groups in total. The van der Waals surface area contributed by atoms with Crippen LogP contribution in [0.2, 0.25) is 0 Å². The molecule has 0 saturated heterocycles. The summed E-state index contributed by atoms with van der Waals surface area (Å²) in [5.74, 6) is 0.269. The van der Waals surface area contributed by atoms with Crippen LogP contribution in [-0.2, 0) is 14.8 Å². The third-order valence-corrected chi connectivity index (χ3v) is 6.56. The standard InChI is InChI=1S/C25H34N2O7S.ClH/c1-3-33-25(30)19-6-4-17(5-7-19)18-8-10-20(11-9-18)26-15-21(28)16-34-22-12-13-24(29)23(14-22)27-35(2,31)32;/h4-7,12-14,18,20-21,26-29H,3,8-11,15-16H2,1-2H3;1H/t18-,20-,21-;/m0./s1. The van der Waals surface area contributed by atoms with Gasteiger partial charge in [-0.25, -0.2) is 13.2 Å². The van der Waals surface area contributed by atoms with Gasteiger partial charge in [0.2, 0.25) is 10.0 Å². The maximum absolute atomic E-state index is 11.8. The Kier molecular flexibility index (Phi) is 11.3. The third-order valence-electron chi connectivity index (χ3n) is 5.97. The Labute approximate surface area is 218 Å². The lowest BCUT2D eigenvalue weighted by atomic mass is 9.81. The molecule has 1 aliphatic rings. The molecular formula is C25H35ClN2O7S. The summed E-state index contributed by atoms with van der Waals surface area (Å²) in [7, 11) is -3.54. The first-order chi connectivity index (χ1) is 16.6. The molecule has 1 saturated carbocycles. The van der Waals surface area contributed by atoms with E-state index in [9.17, 15) is 23.4 Å². The van der Waals surface area contributed by atoms with Gasteiger partial charge in [-0.05, 0) is 68.4 Å². The van der Waals surface area contributed by atoms with Crippen molar-refractivity contribution >= 4 is 34.1 Å². The Hall–Kier alpha value is -2.53. The minimum absolute atomic E-state index is 0. The molecule has 0 radical (unpaired) electrons. The Morgan fingerprint density at radius 3 is 2.39 bits per heavy atom. The van der Waals surface area contributed by atoms with E-state index in [0.717, 1.165) is 31.9 Å². The fraction of sp³-hybridized carbons (Fsp3) is 0.480. The first-order valence-corrected chi connectivity index (χ1v) is 13.7. The summed E-state index contributed by atoms with van der Waals surface area (Å²) < 4.78 is 35.6. The summed E-state index contributed by atoms with van der Waals surface area (Å²) in [5, 5.41) is 23.5. The first kappa shape index (κ1) is 29.7. The van der Waals surface area contributed by atoms with Crippen LogP contribution in [0.25, 0.3) is 0 Å². The number of rotatable bonds is 11. The topological polar surface area (TPSA) is 134 Å². The number of phenolic OH excluding ortho intramolecular Hbond substituents is 1. The van der Waals surface area contributed by atoms with Gasteiger partial charge < -0.3 is 25.0 Å². The number of carbonyl (C=O) groups is 1. The Morgan fingerprint density at radius 1 is 1.11 bits per heavy atom. The molecule has 1 fully saturated rings. The molecule has 0 unspecified atom stereocenters. The van der Waals surface area contributed by atoms with E-state index in [1.54, 1.807) is 6.92 Å². The van der Waals surface area contributed by atoms with Gasteiger partial charge in [-0.15, -0.1) is 12.4 Å². The molecule has 0 amide bonds. The van der Waals surface area contributed by atoms with E-state index in [1.165, 1.54) is 23.8 Å². The molecule has 2 aromatic rings. The number of hydrogen-bond acceptors (Lipinski definition) is 8. The first-order valence-electron chi connectivity index (χ1n) is 11.8. The maximum atomic E-state index is 11.8. The molecule has 1 aliphatic carbocycles. The lowest BCUT2D eigenvalue weighted by Crippen LogP contribution is -2.39. The number of benzene rings is 2. The normalized spacial score (nSPS) is 18.5. The second-order valence-corrected chi connectivity index (χ2v) is 10.6. The summed E-state index contributed by atoms with van der Waals surface area (Å²) in [6.07, 6.45) is 4.25. The van der Waals surface area contributed by atoms with E-state index in [1.807, 2.05) is 24.3 Å². The molecule has 200 valence electrons. The molecule has 11 heteroatoms. The molecule has 0 aromatic heterocycles. The summed E-state index contributed by atoms with van der Waals surface area (Å²) in [4.78, 5) is 11.8. The number of halogens is 1. The van der Waals surface area contributed by atoms with Gasteiger partial charge in [-0.3, -0.25) is 4.72 Å². The fourth-order valence-corrected chi connectivity index (χ4v) is 4.74. The highest BCUT2D eigenvalue weighted by Gasteiger charge is 2.23. The van der Waals surface area contributed by atoms with Gasteiger partial charge in [0.1, 0.15) is 24.2 Å². The van der Waals surface area contributed by atoms with Crippen molar-refractivity contribution in [1.82, 2.24) is 5.32 Å². The number of phenols is 1. The lowest BCUT2D eigenvalue weighted by Gasteiger charge is -2.30. The van der Waals surface area contributed by atoms with Crippen molar-refractivity contribution in [2.75, 3.05) is 30.7 Å². The van der Waals surface area contributed by atoms with Gasteiger partial charge in [0, 0.05) is 18.7 Å². The molecule has 0 bridgehead atoms. The zero-order valence-corrected chi connectivity index (χ0v) is 22.1. The van der Waals surface area contributed by atoms with Gasteiger partial charge in [0.25, 0.3) is 0 Å². The van der Waals surface area contributed by atoms with Crippen molar-refractivity contribution in [1.29, 1.82) is 0 Å². The van der Waals surface area contributed by atoms with Crippen LogP contribution in [0.1, 0.15) is 54.4 Å². The van der Waals surface area contributed by atoms with Gasteiger partial charge in [0.15, 0.2) is 0 Å². The van der Waals surface area contributed by atoms with Gasteiger partial charge >= 0.3 is 5.97 Å². The van der Waals surface area contributed by atoms with Crippen LogP contribution >= 0.6 is 12.4 Å². The zero-order chi connectivity index (χ0) is 25.4. The Balaban J connectivity index is 0.00000456. The number of esters is 1. The van der Waals surface area contributed by atoms with Crippen molar-refractivity contribution in [2.24, 2.45) is 0 Å². The number of carbonyl (C=O) groups excluding carboxylic acids is 1. The minimum Gasteiger partial charge on any atom is -0.506 e. The molecule has 9 nitrogen and oxygen atoms in total. The zero-order valence-electron chi connectivity index (χ0n) is 20.5. The van der Waals surface area contributed by atoms with Gasteiger partial charge in [0.05, 0.1) is 24.1 Å². The molecular weight excluding hydrogens is 508 g/mol. The largest absolute Gasteiger partial charge is 0.506 e. The number of aliphatic hydroxyl groups excluding tert-OH is 1. The number of hydrogen-bond donors (Lipinski definition) is 4. The number of sulfonamides is 1. The van der Waals surface area contributed by atoms with Crippen LogP contribution in [0.5, 0.6) is 11.5 Å². The highest BCUT2D eigenvalue weighted by molar-refractivity contribution is 7.92. The predicted octanol–water partition coefficient (Wildman–Crippen LogP) is 3.42. The second kappa shape index (κ2) is 13.7. The highest BCUT2D eigenvalue weighted by Crippen LogP contribution is 2.33. The molecule has 36 heavy (non-hydrogen) atoms. The molecule has 3 rings (SSSR count). The van der Waals surface area contributed by atoms with E-state index in [4.69, 9.17) is 9.47 Å². The second-order valence-electron chi connectivity index (χ2n) is 8.82. The molecule has 0 spiro atoms. The van der Waals surface area contributed by atoms with Crippen LogP contribution < -0.4 is 14.8 Å². The quantitative estimate of drug-likeness (QED) is 0.251. The molecule has 1 atom stereocenters. The monoisotopic (exact) mass is 542 g/mol. The maximum Gasteiger partial charge on any atom is 0.338 e. The average Bonchev–Trinajstić information content (AvgIpc) is 2.83. The van der Waals surface area contributed by atoms with Crippen LogP contribution in [0.15, 0.2) is 42.5 Å². The Bertz CT molecular complexity index is 1090. The summed E-state index contributed by atoms with van der Waals surface area (Å²) in [6, 6.07) is 12.2. The van der Waals surface area contributed by atoms with Gasteiger partial charge in [-0.1, -0.05) is 12.1 Å². The molecule has 0 aliphatic heterocycles. The van der Waals surface area contributed by atoms with Crippen molar-refractivity contribution < 1.29 is 32.9 Å². The highest BCUT2D eigenvalue weighted by atomic mass is 35.5. The Morgan fingerprint density at radius 2 is 1.78 bits per heavy atom. The SMILES string of the molecule is CCOC(=O)c1ccc([C@H]2CC[C@H](NC[C@H](O)COc3ccc(O)c(NS(C)(=O)=O)c3)CC2)cc1.Cl. The fourth-order valence-electron chi connectivity index (χ4n) is 4.18. The van der Waals surface area contributed by atoms with Crippen LogP contribution in [0.4, 0.5) is 5.69 Å². The number of aliphatic hydroxyl groups is 1. The van der Waals surface area contributed by atoms with E-state index in [-0.39, 0.29) is 36.4 Å². The van der Waals surface area contributed by atoms with Gasteiger partial charge in [-0.2, -0.15) is 0 Å². The van der Waals surface area contributed by atoms with E-state index in [2.05, 4.69) is 10.0 Å². The number of nitrogens with one attached hydrogen (secondary N) is 2. The summed E-state index contributed by atoms with van der Waals surface area (Å²) >= 11 is 0. The van der Waals surface area contributed by atoms with Crippen molar-refractivity contribution in [2.45, 2.75) is 50.7 Å². The summed E-state index contributed by atoms with van der Waals surface area (Å²) in [5.41, 5.74) is 1.81. The molecule has 2 aromatic carbocycles. The van der Waals surface area contributed by atoms with E-state index < -0.39 is 16.1 Å². The van der Waals surface area contributed by atoms with Crippen molar-refractivity contribution in [3.63, 3.8) is 0 Å². The van der Waals surface area contributed by atoms with Crippen LogP contribution in [0, 0.1) is 0 Å². The van der Waals surface area contributed by atoms with Crippen molar-refractivity contribution in [3.05, 3.63) is 53.6 Å². The van der Waals surface area contributed by atoms with E-state index >= 15 is 0 Å². The van der Waals surface area contributed by atoms with Crippen molar-refractivity contribution in [3.8, 4) is 11.5 Å². The van der Waals surface area contributed by atoms with E-state index in [0.29, 0.717) is 36.4 Å². The lowest BCUT2D eigenvalue weighted by molar-refractivity contribution is 0.0526. The van der Waals surface area contributed by atoms with Crippen LogP contribution in [0.3, 0.4) is 0 Å². The third kappa shape index (κ3) is 9.16. The number of ether oxygens (including phenoxy) is 2. The van der Waals surface area contributed by atoms with Crippen LogP contribution in [-0.4, -0.2) is 62.8 Å².